The first-order chi connectivity index (χ1) is 8.31. The average Bonchev–Trinajstić information content (AvgIpc) is 2.94. The zero-order valence-electron chi connectivity index (χ0n) is 12.6. The van der Waals surface area contributed by atoms with Gasteiger partial charge >= 0.3 is 0 Å². The van der Waals surface area contributed by atoms with Gasteiger partial charge in [0.25, 0.3) is 0 Å². The Morgan fingerprint density at radius 2 is 1.72 bits per heavy atom. The zero-order valence-corrected chi connectivity index (χ0v) is 12.6. The fourth-order valence-corrected chi connectivity index (χ4v) is 4.65. The summed E-state index contributed by atoms with van der Waals surface area (Å²) in [5.41, 5.74) is 0.752. The van der Waals surface area contributed by atoms with Crippen LogP contribution >= 0.6 is 0 Å². The van der Waals surface area contributed by atoms with E-state index in [0.717, 1.165) is 18.3 Å². The third-order valence-electron chi connectivity index (χ3n) is 6.38. The lowest BCUT2D eigenvalue weighted by molar-refractivity contribution is -0.160. The Morgan fingerprint density at radius 1 is 1.00 bits per heavy atom. The van der Waals surface area contributed by atoms with Crippen molar-refractivity contribution >= 4 is 0 Å². The molecule has 5 atom stereocenters. The molecule has 0 amide bonds. The van der Waals surface area contributed by atoms with Crippen molar-refractivity contribution < 1.29 is 9.47 Å². The Bertz CT molecular complexity index is 351. The average molecular weight is 252 g/mol. The van der Waals surface area contributed by atoms with Gasteiger partial charge in [0.15, 0.2) is 0 Å². The van der Waals surface area contributed by atoms with Crippen LogP contribution in [0, 0.1) is 17.3 Å². The van der Waals surface area contributed by atoms with Crippen LogP contribution in [0.3, 0.4) is 0 Å². The molecular weight excluding hydrogens is 224 g/mol. The van der Waals surface area contributed by atoms with Crippen molar-refractivity contribution in [1.29, 1.82) is 0 Å². The van der Waals surface area contributed by atoms with Crippen molar-refractivity contribution in [2.75, 3.05) is 7.11 Å². The van der Waals surface area contributed by atoms with Gasteiger partial charge in [0.05, 0.1) is 17.3 Å². The molecule has 104 valence electrons. The topological polar surface area (TPSA) is 21.8 Å². The molecule has 2 saturated carbocycles. The number of hydrogen-bond acceptors (Lipinski definition) is 2. The number of epoxide rings is 1. The molecule has 3 aliphatic rings. The van der Waals surface area contributed by atoms with Gasteiger partial charge in [-0.05, 0) is 63.2 Å². The maximum atomic E-state index is 5.94. The maximum Gasteiger partial charge on any atom is 0.0920 e. The second kappa shape index (κ2) is 3.73. The van der Waals surface area contributed by atoms with E-state index in [1.807, 2.05) is 7.11 Å². The van der Waals surface area contributed by atoms with E-state index in [1.165, 1.54) is 25.7 Å². The van der Waals surface area contributed by atoms with Gasteiger partial charge in [-0.2, -0.15) is 0 Å². The lowest BCUT2D eigenvalue weighted by Gasteiger charge is -2.58. The smallest absolute Gasteiger partial charge is 0.0920 e. The van der Waals surface area contributed by atoms with Crippen LogP contribution < -0.4 is 0 Å². The van der Waals surface area contributed by atoms with Gasteiger partial charge in [-0.25, -0.2) is 0 Å². The summed E-state index contributed by atoms with van der Waals surface area (Å²) in [6.07, 6.45) is 6.69. The lowest BCUT2D eigenvalue weighted by Crippen LogP contribution is -2.55. The second-order valence-electron chi connectivity index (χ2n) is 7.92. The molecule has 3 fully saturated rings. The molecular formula is C16H28O2. The van der Waals surface area contributed by atoms with Crippen molar-refractivity contribution in [3.63, 3.8) is 0 Å². The fourth-order valence-electron chi connectivity index (χ4n) is 4.65. The second-order valence-corrected chi connectivity index (χ2v) is 7.92. The summed E-state index contributed by atoms with van der Waals surface area (Å²) < 4.78 is 11.9. The van der Waals surface area contributed by atoms with Crippen LogP contribution in [0.2, 0.25) is 0 Å². The maximum absolute atomic E-state index is 5.94. The number of hydrogen-bond donors (Lipinski definition) is 0. The van der Waals surface area contributed by atoms with Crippen LogP contribution in [0.1, 0.15) is 59.8 Å². The SMILES string of the molecule is CO[C@]1(C)CC[C@@H]2O[C@]2(C)CC[C@H]2[C@H]1CC2(C)C. The van der Waals surface area contributed by atoms with Crippen LogP contribution in [-0.2, 0) is 9.47 Å². The Balaban J connectivity index is 1.83. The van der Waals surface area contributed by atoms with E-state index in [2.05, 4.69) is 27.7 Å². The highest BCUT2D eigenvalue weighted by molar-refractivity contribution is 5.09. The molecule has 1 heterocycles. The quantitative estimate of drug-likeness (QED) is 0.662. The van der Waals surface area contributed by atoms with E-state index in [4.69, 9.17) is 9.47 Å². The normalized spacial score (nSPS) is 54.2. The van der Waals surface area contributed by atoms with Gasteiger partial charge in [-0.15, -0.1) is 0 Å². The van der Waals surface area contributed by atoms with Crippen molar-refractivity contribution in [2.45, 2.75) is 77.1 Å². The molecule has 2 heteroatoms. The molecule has 0 radical (unpaired) electrons. The minimum absolute atomic E-state index is 0.0669. The molecule has 2 aliphatic carbocycles. The van der Waals surface area contributed by atoms with E-state index in [0.29, 0.717) is 11.5 Å². The van der Waals surface area contributed by atoms with Gasteiger partial charge in [-0.3, -0.25) is 0 Å². The van der Waals surface area contributed by atoms with E-state index in [-0.39, 0.29) is 11.2 Å². The highest BCUT2D eigenvalue weighted by Gasteiger charge is 2.59. The molecule has 0 unspecified atom stereocenters. The molecule has 1 aliphatic heterocycles. The van der Waals surface area contributed by atoms with E-state index in [1.54, 1.807) is 0 Å². The first-order valence-electron chi connectivity index (χ1n) is 7.54. The molecule has 0 spiro atoms. The minimum atomic E-state index is 0.0669. The van der Waals surface area contributed by atoms with E-state index >= 15 is 0 Å². The molecule has 0 aromatic carbocycles. The zero-order chi connectivity index (χ0) is 13.2. The summed E-state index contributed by atoms with van der Waals surface area (Å²) >= 11 is 0. The number of rotatable bonds is 1. The molecule has 1 saturated heterocycles. The standard InChI is InChI=1S/C16H28O2/c1-14(2)10-12-11(14)6-8-16(4)13(18-16)7-9-15(12,3)17-5/h11-13H,6-10H2,1-5H3/t11-,12+,13-,15+,16+/m0/s1. The minimum Gasteiger partial charge on any atom is -0.378 e. The number of methoxy groups -OCH3 is 1. The van der Waals surface area contributed by atoms with Crippen LogP contribution in [-0.4, -0.2) is 24.4 Å². The van der Waals surface area contributed by atoms with Gasteiger partial charge in [0.1, 0.15) is 0 Å². The summed E-state index contributed by atoms with van der Waals surface area (Å²) in [5, 5.41) is 0. The summed E-state index contributed by atoms with van der Waals surface area (Å²) in [4.78, 5) is 0. The largest absolute Gasteiger partial charge is 0.378 e. The monoisotopic (exact) mass is 252 g/mol. The lowest BCUT2D eigenvalue weighted by atomic mass is 9.49. The predicted molar refractivity (Wildman–Crippen MR) is 72.5 cm³/mol. The van der Waals surface area contributed by atoms with Gasteiger partial charge in [0.2, 0.25) is 0 Å². The third-order valence-corrected chi connectivity index (χ3v) is 6.38. The molecule has 3 rings (SSSR count). The summed E-state index contributed by atoms with van der Waals surface area (Å²) in [7, 11) is 1.90. The number of fused-ring (bicyclic) bond motifs is 2. The Morgan fingerprint density at radius 3 is 2.33 bits per heavy atom. The predicted octanol–water partition coefficient (Wildman–Crippen LogP) is 3.79. The summed E-state index contributed by atoms with van der Waals surface area (Å²) in [5.74, 6) is 1.56. The summed E-state index contributed by atoms with van der Waals surface area (Å²) in [6.45, 7) is 9.48. The number of ether oxygens (including phenoxy) is 2. The van der Waals surface area contributed by atoms with Crippen LogP contribution in [0.4, 0.5) is 0 Å². The Labute approximate surface area is 111 Å². The molecule has 0 N–H and O–H groups in total. The fraction of sp³-hybridized carbons (Fsp3) is 1.00. The van der Waals surface area contributed by atoms with Gasteiger partial charge in [-0.1, -0.05) is 13.8 Å². The van der Waals surface area contributed by atoms with E-state index < -0.39 is 0 Å². The first kappa shape index (κ1) is 12.9. The summed E-state index contributed by atoms with van der Waals surface area (Å²) in [6, 6.07) is 0. The van der Waals surface area contributed by atoms with Crippen LogP contribution in [0.15, 0.2) is 0 Å². The Hall–Kier alpha value is -0.0800. The van der Waals surface area contributed by atoms with Gasteiger partial charge in [0, 0.05) is 7.11 Å². The van der Waals surface area contributed by atoms with Crippen molar-refractivity contribution in [2.24, 2.45) is 17.3 Å². The van der Waals surface area contributed by atoms with Crippen molar-refractivity contribution in [3.8, 4) is 0 Å². The van der Waals surface area contributed by atoms with E-state index in [9.17, 15) is 0 Å². The Kier molecular flexibility index (Phi) is 2.68. The molecule has 18 heavy (non-hydrogen) atoms. The highest BCUT2D eigenvalue weighted by atomic mass is 16.6. The van der Waals surface area contributed by atoms with Crippen molar-refractivity contribution in [3.05, 3.63) is 0 Å². The molecule has 2 nitrogen and oxygen atoms in total. The van der Waals surface area contributed by atoms with Crippen LogP contribution in [0.25, 0.3) is 0 Å². The third kappa shape index (κ3) is 1.76. The molecule has 0 aromatic rings. The first-order valence-corrected chi connectivity index (χ1v) is 7.54. The highest BCUT2D eigenvalue weighted by Crippen LogP contribution is 2.61. The van der Waals surface area contributed by atoms with Gasteiger partial charge < -0.3 is 9.47 Å². The molecule has 0 aromatic heterocycles. The molecule has 0 bridgehead atoms. The van der Waals surface area contributed by atoms with Crippen molar-refractivity contribution in [1.82, 2.24) is 0 Å². The van der Waals surface area contributed by atoms with Crippen LogP contribution in [0.5, 0.6) is 0 Å².